The lowest BCUT2D eigenvalue weighted by Crippen LogP contribution is -2.54. The van der Waals surface area contributed by atoms with Crippen molar-refractivity contribution >= 4 is 11.8 Å². The number of rotatable bonds is 4. The maximum absolute atomic E-state index is 11.9. The number of carbonyl (C=O) groups is 2. The van der Waals surface area contributed by atoms with E-state index in [1.165, 1.54) is 32.7 Å². The SMILES string of the molecule is CC(=O)NCC(=O)N1CCN(CC2CCCCN2C)CC1. The Balaban J connectivity index is 1.70. The quantitative estimate of drug-likeness (QED) is 0.777. The first-order chi connectivity index (χ1) is 10.1. The third-order valence-electron chi connectivity index (χ3n) is 4.60. The minimum absolute atomic E-state index is 0.0274. The van der Waals surface area contributed by atoms with Crippen molar-refractivity contribution in [3.05, 3.63) is 0 Å². The molecule has 6 heteroatoms. The van der Waals surface area contributed by atoms with Gasteiger partial charge in [-0.05, 0) is 26.4 Å². The van der Waals surface area contributed by atoms with E-state index in [1.807, 2.05) is 4.90 Å². The van der Waals surface area contributed by atoms with Gasteiger partial charge >= 0.3 is 0 Å². The van der Waals surface area contributed by atoms with E-state index in [9.17, 15) is 9.59 Å². The highest BCUT2D eigenvalue weighted by Gasteiger charge is 2.25. The molecular formula is C15H28N4O2. The second-order valence-corrected chi connectivity index (χ2v) is 6.22. The van der Waals surface area contributed by atoms with E-state index in [0.717, 1.165) is 32.7 Å². The molecule has 2 aliphatic rings. The van der Waals surface area contributed by atoms with Crippen LogP contribution in [0.4, 0.5) is 0 Å². The monoisotopic (exact) mass is 296 g/mol. The van der Waals surface area contributed by atoms with Gasteiger partial charge in [0.1, 0.15) is 0 Å². The van der Waals surface area contributed by atoms with Crippen molar-refractivity contribution in [3.63, 3.8) is 0 Å². The van der Waals surface area contributed by atoms with Crippen LogP contribution in [0.5, 0.6) is 0 Å². The van der Waals surface area contributed by atoms with Crippen LogP contribution in [-0.2, 0) is 9.59 Å². The fraction of sp³-hybridized carbons (Fsp3) is 0.867. The molecule has 0 aromatic carbocycles. The van der Waals surface area contributed by atoms with Crippen LogP contribution in [0.3, 0.4) is 0 Å². The summed E-state index contributed by atoms with van der Waals surface area (Å²) in [4.78, 5) is 29.6. The first-order valence-electron chi connectivity index (χ1n) is 8.01. The van der Waals surface area contributed by atoms with Crippen LogP contribution in [0.25, 0.3) is 0 Å². The highest BCUT2D eigenvalue weighted by Crippen LogP contribution is 2.16. The molecule has 1 atom stereocenters. The molecule has 2 rings (SSSR count). The molecule has 0 bridgehead atoms. The van der Waals surface area contributed by atoms with E-state index in [1.54, 1.807) is 0 Å². The van der Waals surface area contributed by atoms with E-state index in [2.05, 4.69) is 22.2 Å². The molecule has 0 aromatic rings. The number of carbonyl (C=O) groups excluding carboxylic acids is 2. The highest BCUT2D eigenvalue weighted by molar-refractivity contribution is 5.83. The van der Waals surface area contributed by atoms with Gasteiger partial charge < -0.3 is 15.1 Å². The number of hydrogen-bond acceptors (Lipinski definition) is 4. The zero-order valence-electron chi connectivity index (χ0n) is 13.3. The summed E-state index contributed by atoms with van der Waals surface area (Å²) >= 11 is 0. The Bertz CT molecular complexity index is 367. The first kappa shape index (κ1) is 16.2. The lowest BCUT2D eigenvalue weighted by molar-refractivity contribution is -0.134. The van der Waals surface area contributed by atoms with E-state index < -0.39 is 0 Å². The van der Waals surface area contributed by atoms with Crippen molar-refractivity contribution in [2.24, 2.45) is 0 Å². The van der Waals surface area contributed by atoms with Gasteiger partial charge in [-0.25, -0.2) is 0 Å². The summed E-state index contributed by atoms with van der Waals surface area (Å²) < 4.78 is 0. The zero-order valence-corrected chi connectivity index (χ0v) is 13.3. The van der Waals surface area contributed by atoms with Gasteiger partial charge in [0.25, 0.3) is 0 Å². The second-order valence-electron chi connectivity index (χ2n) is 6.22. The minimum atomic E-state index is -0.151. The summed E-state index contributed by atoms with van der Waals surface area (Å²) in [7, 11) is 2.22. The Morgan fingerprint density at radius 3 is 2.43 bits per heavy atom. The van der Waals surface area contributed by atoms with E-state index in [0.29, 0.717) is 6.04 Å². The summed E-state index contributed by atoms with van der Waals surface area (Å²) in [5, 5.41) is 2.57. The maximum Gasteiger partial charge on any atom is 0.242 e. The Morgan fingerprint density at radius 1 is 1.10 bits per heavy atom. The largest absolute Gasteiger partial charge is 0.347 e. The molecule has 0 spiro atoms. The maximum atomic E-state index is 11.9. The molecule has 0 radical (unpaired) electrons. The topological polar surface area (TPSA) is 55.9 Å². The summed E-state index contributed by atoms with van der Waals surface area (Å²) in [5.74, 6) is -0.123. The van der Waals surface area contributed by atoms with Gasteiger partial charge in [0.2, 0.25) is 11.8 Å². The zero-order chi connectivity index (χ0) is 15.2. The van der Waals surface area contributed by atoms with Crippen molar-refractivity contribution in [1.82, 2.24) is 20.0 Å². The van der Waals surface area contributed by atoms with Crippen molar-refractivity contribution in [2.45, 2.75) is 32.2 Å². The molecule has 2 aliphatic heterocycles. The fourth-order valence-electron chi connectivity index (χ4n) is 3.16. The lowest BCUT2D eigenvalue weighted by Gasteiger charge is -2.40. The number of nitrogens with one attached hydrogen (secondary N) is 1. The molecule has 21 heavy (non-hydrogen) atoms. The molecular weight excluding hydrogens is 268 g/mol. The van der Waals surface area contributed by atoms with Crippen LogP contribution in [0.2, 0.25) is 0 Å². The third-order valence-corrected chi connectivity index (χ3v) is 4.60. The number of likely N-dealkylation sites (N-methyl/N-ethyl adjacent to an activating group) is 1. The van der Waals surface area contributed by atoms with Crippen molar-refractivity contribution in [2.75, 3.05) is 52.9 Å². The molecule has 2 saturated heterocycles. The van der Waals surface area contributed by atoms with Crippen LogP contribution in [0.1, 0.15) is 26.2 Å². The molecule has 0 saturated carbocycles. The van der Waals surface area contributed by atoms with Crippen molar-refractivity contribution in [3.8, 4) is 0 Å². The van der Waals surface area contributed by atoms with Gasteiger partial charge in [0.05, 0.1) is 6.54 Å². The van der Waals surface area contributed by atoms with Crippen LogP contribution in [0.15, 0.2) is 0 Å². The first-order valence-corrected chi connectivity index (χ1v) is 8.01. The Kier molecular flexibility index (Phi) is 5.99. The summed E-state index contributed by atoms with van der Waals surface area (Å²) in [6.45, 7) is 7.31. The van der Waals surface area contributed by atoms with Gasteiger partial charge in [-0.3, -0.25) is 14.5 Å². The standard InChI is InChI=1S/C15H28N4O2/c1-13(20)16-11-15(21)19-9-7-18(8-10-19)12-14-5-3-4-6-17(14)2/h14H,3-12H2,1-2H3,(H,16,20). The number of piperidine rings is 1. The molecule has 2 amide bonds. The van der Waals surface area contributed by atoms with E-state index in [4.69, 9.17) is 0 Å². The minimum Gasteiger partial charge on any atom is -0.347 e. The Morgan fingerprint density at radius 2 is 1.81 bits per heavy atom. The van der Waals surface area contributed by atoms with Gasteiger partial charge in [-0.1, -0.05) is 6.42 Å². The normalized spacial score (nSPS) is 24.9. The number of amides is 2. The molecule has 2 heterocycles. The Hall–Kier alpha value is -1.14. The number of hydrogen-bond donors (Lipinski definition) is 1. The molecule has 6 nitrogen and oxygen atoms in total. The van der Waals surface area contributed by atoms with Gasteiger partial charge in [0, 0.05) is 45.7 Å². The third kappa shape index (κ3) is 4.97. The predicted octanol–water partition coefficient (Wildman–Crippen LogP) is -0.249. The van der Waals surface area contributed by atoms with Crippen molar-refractivity contribution < 1.29 is 9.59 Å². The molecule has 0 aromatic heterocycles. The number of likely N-dealkylation sites (tertiary alicyclic amines) is 1. The van der Waals surface area contributed by atoms with Gasteiger partial charge in [-0.2, -0.15) is 0 Å². The summed E-state index contributed by atoms with van der Waals surface area (Å²) in [6.07, 6.45) is 3.95. The molecule has 1 N–H and O–H groups in total. The van der Waals surface area contributed by atoms with Gasteiger partial charge in [-0.15, -0.1) is 0 Å². The molecule has 0 aliphatic carbocycles. The van der Waals surface area contributed by atoms with Crippen LogP contribution in [-0.4, -0.2) is 85.4 Å². The molecule has 1 unspecified atom stereocenters. The van der Waals surface area contributed by atoms with Crippen LogP contribution >= 0.6 is 0 Å². The van der Waals surface area contributed by atoms with Crippen LogP contribution in [0, 0.1) is 0 Å². The predicted molar refractivity (Wildman–Crippen MR) is 82.0 cm³/mol. The molecule has 2 fully saturated rings. The van der Waals surface area contributed by atoms with Crippen LogP contribution < -0.4 is 5.32 Å². The number of nitrogens with zero attached hydrogens (tertiary/aromatic N) is 3. The fourth-order valence-corrected chi connectivity index (χ4v) is 3.16. The molecule has 120 valence electrons. The highest BCUT2D eigenvalue weighted by atomic mass is 16.2. The lowest BCUT2D eigenvalue weighted by atomic mass is 10.0. The van der Waals surface area contributed by atoms with Gasteiger partial charge in [0.15, 0.2) is 0 Å². The average molecular weight is 296 g/mol. The second kappa shape index (κ2) is 7.75. The Labute approximate surface area is 127 Å². The average Bonchev–Trinajstić information content (AvgIpc) is 2.48. The van der Waals surface area contributed by atoms with E-state index in [-0.39, 0.29) is 18.4 Å². The van der Waals surface area contributed by atoms with Crippen molar-refractivity contribution in [1.29, 1.82) is 0 Å². The summed E-state index contributed by atoms with van der Waals surface area (Å²) in [6, 6.07) is 0.667. The smallest absolute Gasteiger partial charge is 0.242 e. The van der Waals surface area contributed by atoms with E-state index >= 15 is 0 Å². The summed E-state index contributed by atoms with van der Waals surface area (Å²) in [5.41, 5.74) is 0. The number of piperazine rings is 1.